The van der Waals surface area contributed by atoms with Crippen molar-refractivity contribution < 1.29 is 43.6 Å². The number of carbonyl (C=O) groups excluding carboxylic acids is 2. The second kappa shape index (κ2) is 10.1. The molecule has 12 nitrogen and oxygen atoms in total. The third kappa shape index (κ3) is 5.59. The molecule has 1 aliphatic carbocycles. The molecule has 0 unspecified atom stereocenters. The number of hydrogen-bond acceptors (Lipinski definition) is 8. The van der Waals surface area contributed by atoms with Crippen LogP contribution in [0.4, 0.5) is 4.79 Å². The lowest BCUT2D eigenvalue weighted by molar-refractivity contribution is -0.144. The molecular weight excluding hydrogens is 510 g/mol. The third-order valence-electron chi connectivity index (χ3n) is 6.71. The zero-order chi connectivity index (χ0) is 28.7. The van der Waals surface area contributed by atoms with Gasteiger partial charge in [0, 0.05) is 29.9 Å². The van der Waals surface area contributed by atoms with Gasteiger partial charge in [-0.25, -0.2) is 19.4 Å². The summed E-state index contributed by atoms with van der Waals surface area (Å²) in [5, 5.41) is 22.4. The second-order valence-corrected chi connectivity index (χ2v) is 10.6. The maximum absolute atomic E-state index is 13.4. The molecule has 1 aliphatic heterocycles. The molecule has 2 amide bonds. The number of nitrogens with one attached hydrogen (secondary N) is 1. The minimum absolute atomic E-state index is 0.0158. The summed E-state index contributed by atoms with van der Waals surface area (Å²) in [4.78, 5) is 55.4. The summed E-state index contributed by atoms with van der Waals surface area (Å²) in [6, 6.07) is 5.11. The Bertz CT molecular complexity index is 1350. The van der Waals surface area contributed by atoms with Crippen LogP contribution in [0.3, 0.4) is 0 Å². The summed E-state index contributed by atoms with van der Waals surface area (Å²) in [6.07, 6.45) is 0.190. The Morgan fingerprint density at radius 2 is 1.92 bits per heavy atom. The Kier molecular flexibility index (Phi) is 7.15. The van der Waals surface area contributed by atoms with Crippen LogP contribution in [0.1, 0.15) is 44.1 Å². The van der Waals surface area contributed by atoms with Gasteiger partial charge in [0.05, 0.1) is 19.2 Å². The molecule has 208 valence electrons. The van der Waals surface area contributed by atoms with E-state index in [4.69, 9.17) is 14.2 Å². The number of amides is 2. The molecule has 1 aromatic heterocycles. The second-order valence-electron chi connectivity index (χ2n) is 10.6. The molecule has 1 saturated carbocycles. The van der Waals surface area contributed by atoms with Gasteiger partial charge < -0.3 is 29.7 Å². The van der Waals surface area contributed by atoms with Crippen LogP contribution in [0.25, 0.3) is 10.9 Å². The number of carboxylic acids is 2. The standard InChI is InChI=1S/C27H31N3O9/c1-6-14-12-27(14,24(34)35)29-22(31)20-10-16(13-30(20)25(36)39-26(2,3)4)38-21-11-19(23(32)33)28-18-9-15(37-5)7-8-17(18)21/h6-9,11,14,16,20H,1,10,12-13H2,2-5H3,(H,29,31)(H,32,33)(H,34,35)/t14-,16-,20+,27-/m1/s1. The van der Waals surface area contributed by atoms with E-state index < -0.39 is 53.1 Å². The molecule has 4 rings (SSSR count). The van der Waals surface area contributed by atoms with Gasteiger partial charge in [-0.1, -0.05) is 6.08 Å². The monoisotopic (exact) mass is 541 g/mol. The van der Waals surface area contributed by atoms with Crippen molar-refractivity contribution in [1.82, 2.24) is 15.2 Å². The number of carbonyl (C=O) groups is 4. The van der Waals surface area contributed by atoms with Gasteiger partial charge >= 0.3 is 18.0 Å². The summed E-state index contributed by atoms with van der Waals surface area (Å²) < 4.78 is 16.9. The van der Waals surface area contributed by atoms with Gasteiger partial charge in [-0.05, 0) is 39.3 Å². The molecular formula is C27H31N3O9. The van der Waals surface area contributed by atoms with Crippen molar-refractivity contribution >= 4 is 34.8 Å². The SMILES string of the molecule is C=C[C@@H]1C[C@]1(NC(=O)[C@@H]1C[C@@H](Oc2cc(C(=O)O)nc3cc(OC)ccc23)CN1C(=O)OC(C)(C)C)C(=O)O. The van der Waals surface area contributed by atoms with Gasteiger partial charge in [-0.15, -0.1) is 6.58 Å². The Labute approximate surface area is 224 Å². The van der Waals surface area contributed by atoms with E-state index in [1.807, 2.05) is 0 Å². The van der Waals surface area contributed by atoms with Gasteiger partial charge in [-0.3, -0.25) is 9.69 Å². The number of pyridine rings is 1. The number of methoxy groups -OCH3 is 1. The highest BCUT2D eigenvalue weighted by Gasteiger charge is 2.61. The number of aromatic carboxylic acids is 1. The molecule has 2 aliphatic rings. The summed E-state index contributed by atoms with van der Waals surface area (Å²) in [6.45, 7) is 8.64. The van der Waals surface area contributed by atoms with Crippen LogP contribution in [-0.4, -0.2) is 81.0 Å². The molecule has 0 bridgehead atoms. The maximum Gasteiger partial charge on any atom is 0.411 e. The fraction of sp³-hybridized carbons (Fsp3) is 0.444. The highest BCUT2D eigenvalue weighted by Crippen LogP contribution is 2.45. The van der Waals surface area contributed by atoms with Gasteiger partial charge in [0.15, 0.2) is 5.69 Å². The first kappa shape index (κ1) is 27.7. The minimum Gasteiger partial charge on any atom is -0.497 e. The molecule has 3 N–H and O–H groups in total. The predicted molar refractivity (Wildman–Crippen MR) is 138 cm³/mol. The van der Waals surface area contributed by atoms with Gasteiger partial charge in [0.25, 0.3) is 0 Å². The van der Waals surface area contributed by atoms with E-state index >= 15 is 0 Å². The number of aliphatic carboxylic acids is 1. The van der Waals surface area contributed by atoms with E-state index in [9.17, 15) is 29.4 Å². The molecule has 1 aromatic carbocycles. The lowest BCUT2D eigenvalue weighted by Crippen LogP contribution is -2.53. The molecule has 4 atom stereocenters. The number of aromatic nitrogens is 1. The number of fused-ring (bicyclic) bond motifs is 1. The molecule has 39 heavy (non-hydrogen) atoms. The van der Waals surface area contributed by atoms with Gasteiger partial charge in [-0.2, -0.15) is 0 Å². The summed E-state index contributed by atoms with van der Waals surface area (Å²) >= 11 is 0. The van der Waals surface area contributed by atoms with Crippen molar-refractivity contribution in [3.8, 4) is 11.5 Å². The Balaban J connectivity index is 1.64. The quantitative estimate of drug-likeness (QED) is 0.423. The first-order valence-electron chi connectivity index (χ1n) is 12.3. The van der Waals surface area contributed by atoms with Crippen molar-refractivity contribution in [3.05, 3.63) is 42.6 Å². The number of carboxylic acid groups (broad SMARTS) is 2. The topological polar surface area (TPSA) is 165 Å². The molecule has 2 fully saturated rings. The predicted octanol–water partition coefficient (Wildman–Crippen LogP) is 2.84. The van der Waals surface area contributed by atoms with E-state index in [1.165, 1.54) is 24.2 Å². The number of likely N-dealkylation sites (tertiary alicyclic amines) is 1. The average molecular weight is 542 g/mol. The van der Waals surface area contributed by atoms with Crippen molar-refractivity contribution in [2.45, 2.75) is 56.9 Å². The minimum atomic E-state index is -1.48. The number of hydrogen-bond donors (Lipinski definition) is 3. The zero-order valence-electron chi connectivity index (χ0n) is 22.1. The van der Waals surface area contributed by atoms with Crippen molar-refractivity contribution in [2.24, 2.45) is 5.92 Å². The summed E-state index contributed by atoms with van der Waals surface area (Å²) in [5.74, 6) is -2.86. The molecule has 0 spiro atoms. The highest BCUT2D eigenvalue weighted by atomic mass is 16.6. The average Bonchev–Trinajstić information content (AvgIpc) is 3.42. The third-order valence-corrected chi connectivity index (χ3v) is 6.71. The Morgan fingerprint density at radius 1 is 1.21 bits per heavy atom. The van der Waals surface area contributed by atoms with Crippen LogP contribution in [-0.2, 0) is 14.3 Å². The first-order valence-corrected chi connectivity index (χ1v) is 12.3. The normalized spacial score (nSPS) is 24.1. The molecule has 0 radical (unpaired) electrons. The maximum atomic E-state index is 13.4. The Hall–Kier alpha value is -4.35. The molecule has 1 saturated heterocycles. The smallest absolute Gasteiger partial charge is 0.411 e. The van der Waals surface area contributed by atoms with E-state index in [-0.39, 0.29) is 30.8 Å². The largest absolute Gasteiger partial charge is 0.497 e. The van der Waals surface area contributed by atoms with Crippen LogP contribution in [0.5, 0.6) is 11.5 Å². The Morgan fingerprint density at radius 3 is 2.49 bits per heavy atom. The van der Waals surface area contributed by atoms with Crippen LogP contribution in [0.15, 0.2) is 36.9 Å². The fourth-order valence-corrected chi connectivity index (χ4v) is 4.66. The van der Waals surface area contributed by atoms with E-state index in [1.54, 1.807) is 39.0 Å². The van der Waals surface area contributed by atoms with E-state index in [0.29, 0.717) is 16.7 Å². The van der Waals surface area contributed by atoms with Crippen molar-refractivity contribution in [1.29, 1.82) is 0 Å². The number of nitrogens with zero attached hydrogens (tertiary/aromatic N) is 2. The lowest BCUT2D eigenvalue weighted by atomic mass is 10.1. The molecule has 2 heterocycles. The number of ether oxygens (including phenoxy) is 3. The zero-order valence-corrected chi connectivity index (χ0v) is 22.1. The summed E-state index contributed by atoms with van der Waals surface area (Å²) in [7, 11) is 1.47. The summed E-state index contributed by atoms with van der Waals surface area (Å²) in [5.41, 5.74) is -2.25. The molecule has 12 heteroatoms. The van der Waals surface area contributed by atoms with Crippen molar-refractivity contribution in [2.75, 3.05) is 13.7 Å². The fourth-order valence-electron chi connectivity index (χ4n) is 4.66. The van der Waals surface area contributed by atoms with E-state index in [2.05, 4.69) is 16.9 Å². The van der Waals surface area contributed by atoms with Crippen LogP contribution in [0, 0.1) is 5.92 Å². The van der Waals surface area contributed by atoms with Crippen molar-refractivity contribution in [3.63, 3.8) is 0 Å². The van der Waals surface area contributed by atoms with Gasteiger partial charge in [0.2, 0.25) is 5.91 Å². The van der Waals surface area contributed by atoms with Gasteiger partial charge in [0.1, 0.15) is 34.8 Å². The van der Waals surface area contributed by atoms with E-state index in [0.717, 1.165) is 0 Å². The number of benzene rings is 1. The van der Waals surface area contributed by atoms with Crippen LogP contribution >= 0.6 is 0 Å². The van der Waals surface area contributed by atoms with Crippen LogP contribution < -0.4 is 14.8 Å². The van der Waals surface area contributed by atoms with Crippen LogP contribution in [0.2, 0.25) is 0 Å². The number of rotatable bonds is 8. The first-order chi connectivity index (χ1) is 18.3. The molecule has 2 aromatic rings. The lowest BCUT2D eigenvalue weighted by Gasteiger charge is -2.28. The highest BCUT2D eigenvalue weighted by molar-refractivity contribution is 5.95.